The smallest absolute Gasteiger partial charge is 0.238 e. The third kappa shape index (κ3) is 5.06. The van der Waals surface area contributed by atoms with E-state index in [2.05, 4.69) is 12.2 Å². The number of hydrogen-bond donors (Lipinski definition) is 1. The number of benzene rings is 2. The number of anilines is 1. The van der Waals surface area contributed by atoms with E-state index in [1.807, 2.05) is 36.2 Å². The van der Waals surface area contributed by atoms with Crippen LogP contribution in [0.4, 0.5) is 10.1 Å². The molecule has 2 aromatic carbocycles. The Kier molecular flexibility index (Phi) is 6.32. The van der Waals surface area contributed by atoms with Crippen LogP contribution >= 0.6 is 0 Å². The minimum absolute atomic E-state index is 0.0975. The van der Waals surface area contributed by atoms with Gasteiger partial charge in [-0.2, -0.15) is 0 Å². The lowest BCUT2D eigenvalue weighted by Crippen LogP contribution is -2.29. The number of ether oxygens (including phenoxy) is 1. The Morgan fingerprint density at radius 3 is 2.67 bits per heavy atom. The number of likely N-dealkylation sites (N-methyl/N-ethyl adjacent to an activating group) is 1. The molecule has 2 rings (SSSR count). The van der Waals surface area contributed by atoms with Crippen LogP contribution in [0.1, 0.15) is 18.1 Å². The Hall–Kier alpha value is -2.40. The van der Waals surface area contributed by atoms with Crippen LogP contribution in [0.2, 0.25) is 0 Å². The van der Waals surface area contributed by atoms with Gasteiger partial charge < -0.3 is 10.1 Å². The van der Waals surface area contributed by atoms with Crippen molar-refractivity contribution in [2.24, 2.45) is 0 Å². The van der Waals surface area contributed by atoms with Gasteiger partial charge in [-0.05, 0) is 48.9 Å². The molecule has 128 valence electrons. The predicted octanol–water partition coefficient (Wildman–Crippen LogP) is 3.47. The van der Waals surface area contributed by atoms with Crippen LogP contribution in [0.5, 0.6) is 5.75 Å². The van der Waals surface area contributed by atoms with E-state index >= 15 is 0 Å². The summed E-state index contributed by atoms with van der Waals surface area (Å²) in [6.45, 7) is 2.77. The Bertz CT molecular complexity index is 704. The number of amides is 1. The van der Waals surface area contributed by atoms with Crippen LogP contribution in [0.15, 0.2) is 42.5 Å². The van der Waals surface area contributed by atoms with E-state index in [0.717, 1.165) is 17.7 Å². The zero-order valence-electron chi connectivity index (χ0n) is 14.3. The lowest BCUT2D eigenvalue weighted by molar-refractivity contribution is -0.117. The maximum absolute atomic E-state index is 13.7. The number of halogens is 1. The number of carbonyl (C=O) groups excluding carboxylic acids is 1. The summed E-state index contributed by atoms with van der Waals surface area (Å²) in [6, 6.07) is 12.6. The third-order valence-electron chi connectivity index (χ3n) is 3.70. The Morgan fingerprint density at radius 2 is 2.00 bits per heavy atom. The molecule has 0 bridgehead atoms. The summed E-state index contributed by atoms with van der Waals surface area (Å²) in [5.74, 6) is -0.279. The van der Waals surface area contributed by atoms with Gasteiger partial charge in [0.2, 0.25) is 5.91 Å². The molecule has 0 heterocycles. The first-order chi connectivity index (χ1) is 11.5. The summed E-state index contributed by atoms with van der Waals surface area (Å²) >= 11 is 0. The van der Waals surface area contributed by atoms with Gasteiger partial charge in [0.1, 0.15) is 0 Å². The molecule has 0 saturated carbocycles. The number of aryl methyl sites for hydroxylation is 1. The molecule has 2 aromatic rings. The zero-order chi connectivity index (χ0) is 17.5. The molecule has 0 spiro atoms. The van der Waals surface area contributed by atoms with Crippen molar-refractivity contribution in [1.29, 1.82) is 0 Å². The van der Waals surface area contributed by atoms with E-state index in [1.54, 1.807) is 12.1 Å². The fourth-order valence-electron chi connectivity index (χ4n) is 2.49. The van der Waals surface area contributed by atoms with Crippen LogP contribution in [-0.2, 0) is 17.8 Å². The van der Waals surface area contributed by atoms with Gasteiger partial charge in [0.15, 0.2) is 11.6 Å². The van der Waals surface area contributed by atoms with E-state index in [-0.39, 0.29) is 18.2 Å². The molecule has 0 aromatic heterocycles. The third-order valence-corrected chi connectivity index (χ3v) is 3.70. The highest BCUT2D eigenvalue weighted by Gasteiger charge is 2.10. The molecule has 1 N–H and O–H groups in total. The molecule has 0 saturated heterocycles. The molecule has 0 aliphatic heterocycles. The number of nitrogens with one attached hydrogen (secondary N) is 1. The van der Waals surface area contributed by atoms with Crippen LogP contribution < -0.4 is 10.1 Å². The standard InChI is InChI=1S/C19H23FN2O2/c1-4-14-6-5-7-16(10-14)21-19(23)13-22(2)12-15-8-9-18(24-3)17(20)11-15/h5-11H,4,12-13H2,1-3H3,(H,21,23). The van der Waals surface area contributed by atoms with E-state index in [0.29, 0.717) is 6.54 Å². The van der Waals surface area contributed by atoms with E-state index in [4.69, 9.17) is 4.74 Å². The molecule has 1 amide bonds. The highest BCUT2D eigenvalue weighted by atomic mass is 19.1. The van der Waals surface area contributed by atoms with Crippen LogP contribution in [0, 0.1) is 5.82 Å². The first kappa shape index (κ1) is 17.9. The Labute approximate surface area is 142 Å². The molecule has 0 aliphatic carbocycles. The molecule has 0 unspecified atom stereocenters. The SMILES string of the molecule is CCc1cccc(NC(=O)CN(C)Cc2ccc(OC)c(F)c2)c1. The fraction of sp³-hybridized carbons (Fsp3) is 0.316. The summed E-state index contributed by atoms with van der Waals surface area (Å²) < 4.78 is 18.6. The number of carbonyl (C=O) groups is 1. The van der Waals surface area contributed by atoms with Gasteiger partial charge in [0, 0.05) is 12.2 Å². The monoisotopic (exact) mass is 330 g/mol. The maximum atomic E-state index is 13.7. The van der Waals surface area contributed by atoms with Gasteiger partial charge in [-0.1, -0.05) is 25.1 Å². The minimum atomic E-state index is -0.399. The Morgan fingerprint density at radius 1 is 1.21 bits per heavy atom. The van der Waals surface area contributed by atoms with Crippen molar-refractivity contribution in [2.45, 2.75) is 19.9 Å². The van der Waals surface area contributed by atoms with Gasteiger partial charge in [0.05, 0.1) is 13.7 Å². The summed E-state index contributed by atoms with van der Waals surface area (Å²) in [4.78, 5) is 14.0. The van der Waals surface area contributed by atoms with Gasteiger partial charge in [-0.25, -0.2) is 4.39 Å². The maximum Gasteiger partial charge on any atom is 0.238 e. The molecular formula is C19H23FN2O2. The van der Waals surface area contributed by atoms with Gasteiger partial charge in [-0.15, -0.1) is 0 Å². The topological polar surface area (TPSA) is 41.6 Å². The molecule has 0 radical (unpaired) electrons. The van der Waals surface area contributed by atoms with Crippen LogP contribution in [0.3, 0.4) is 0 Å². The molecule has 0 fully saturated rings. The van der Waals surface area contributed by atoms with Crippen molar-refractivity contribution in [3.63, 3.8) is 0 Å². The van der Waals surface area contributed by atoms with E-state index in [9.17, 15) is 9.18 Å². The lowest BCUT2D eigenvalue weighted by Gasteiger charge is -2.17. The number of rotatable bonds is 7. The van der Waals surface area contributed by atoms with Crippen molar-refractivity contribution in [3.05, 3.63) is 59.4 Å². The van der Waals surface area contributed by atoms with Crippen LogP contribution in [-0.4, -0.2) is 31.5 Å². The van der Waals surface area contributed by atoms with E-state index in [1.165, 1.54) is 18.7 Å². The van der Waals surface area contributed by atoms with Crippen molar-refractivity contribution >= 4 is 11.6 Å². The van der Waals surface area contributed by atoms with Gasteiger partial charge >= 0.3 is 0 Å². The van der Waals surface area contributed by atoms with E-state index < -0.39 is 5.82 Å². The average Bonchev–Trinajstić information content (AvgIpc) is 2.55. The average molecular weight is 330 g/mol. The Balaban J connectivity index is 1.90. The predicted molar refractivity (Wildman–Crippen MR) is 93.7 cm³/mol. The molecule has 0 atom stereocenters. The minimum Gasteiger partial charge on any atom is -0.494 e. The van der Waals surface area contributed by atoms with Crippen molar-refractivity contribution in [1.82, 2.24) is 4.90 Å². The lowest BCUT2D eigenvalue weighted by atomic mass is 10.1. The highest BCUT2D eigenvalue weighted by molar-refractivity contribution is 5.92. The fourth-order valence-corrected chi connectivity index (χ4v) is 2.49. The largest absolute Gasteiger partial charge is 0.494 e. The van der Waals surface area contributed by atoms with Gasteiger partial charge in [-0.3, -0.25) is 9.69 Å². The summed E-state index contributed by atoms with van der Waals surface area (Å²) in [7, 11) is 3.26. The summed E-state index contributed by atoms with van der Waals surface area (Å²) in [5, 5.41) is 2.89. The zero-order valence-corrected chi connectivity index (χ0v) is 14.3. The molecule has 0 aliphatic rings. The number of hydrogen-bond acceptors (Lipinski definition) is 3. The van der Waals surface area contributed by atoms with Crippen molar-refractivity contribution in [3.8, 4) is 5.75 Å². The van der Waals surface area contributed by atoms with Crippen LogP contribution in [0.25, 0.3) is 0 Å². The summed E-state index contributed by atoms with van der Waals surface area (Å²) in [5.41, 5.74) is 2.76. The highest BCUT2D eigenvalue weighted by Crippen LogP contribution is 2.18. The molecule has 24 heavy (non-hydrogen) atoms. The second kappa shape index (κ2) is 8.45. The number of nitrogens with zero attached hydrogens (tertiary/aromatic N) is 1. The number of methoxy groups -OCH3 is 1. The molecule has 5 heteroatoms. The van der Waals surface area contributed by atoms with Gasteiger partial charge in [0.25, 0.3) is 0 Å². The first-order valence-electron chi connectivity index (χ1n) is 7.91. The first-order valence-corrected chi connectivity index (χ1v) is 7.91. The molecular weight excluding hydrogens is 307 g/mol. The quantitative estimate of drug-likeness (QED) is 0.845. The van der Waals surface area contributed by atoms with Crippen molar-refractivity contribution < 1.29 is 13.9 Å². The normalized spacial score (nSPS) is 10.7. The van der Waals surface area contributed by atoms with Crippen molar-refractivity contribution in [2.75, 3.05) is 26.0 Å². The second-order valence-corrected chi connectivity index (χ2v) is 5.74. The summed E-state index contributed by atoms with van der Waals surface area (Å²) in [6.07, 6.45) is 0.923. The second-order valence-electron chi connectivity index (χ2n) is 5.74. The molecule has 4 nitrogen and oxygen atoms in total.